The second-order valence-corrected chi connectivity index (χ2v) is 1.78. The van der Waals surface area contributed by atoms with Crippen LogP contribution in [0.3, 0.4) is 0 Å². The van der Waals surface area contributed by atoms with E-state index < -0.39 is 6.09 Å². The molecule has 0 aliphatic rings. The van der Waals surface area contributed by atoms with Crippen molar-refractivity contribution in [2.24, 2.45) is 5.73 Å². The van der Waals surface area contributed by atoms with Crippen molar-refractivity contribution in [3.63, 3.8) is 0 Å². The van der Waals surface area contributed by atoms with Gasteiger partial charge in [0, 0.05) is 11.5 Å². The zero-order valence-corrected chi connectivity index (χ0v) is 5.90. The van der Waals surface area contributed by atoms with Crippen LogP contribution in [-0.2, 0) is 4.74 Å². The maximum absolute atomic E-state index is 11.6. The summed E-state index contributed by atoms with van der Waals surface area (Å²) in [5.41, 5.74) is 4.78. The average Bonchev–Trinajstić information content (AvgIpc) is 1.90. The third-order valence-electron chi connectivity index (χ3n) is 0.726. The molecule has 1 amide bonds. The van der Waals surface area contributed by atoms with Gasteiger partial charge in [0.25, 0.3) is 0 Å². The number of carbonyl (C=O) groups is 1. The van der Waals surface area contributed by atoms with Gasteiger partial charge in [-0.15, -0.1) is 11.6 Å². The highest BCUT2D eigenvalue weighted by Crippen LogP contribution is 1.98. The minimum Gasteiger partial charge on any atom is -0.445 e. The highest BCUT2D eigenvalue weighted by Gasteiger charge is 1.98. The summed E-state index contributed by atoms with van der Waals surface area (Å²) in [5.74, 6) is -0.0101. The fourth-order valence-electron chi connectivity index (χ4n) is 0.263. The third-order valence-corrected chi connectivity index (χ3v) is 1.07. The van der Waals surface area contributed by atoms with Crippen molar-refractivity contribution in [2.75, 3.05) is 12.5 Å². The van der Waals surface area contributed by atoms with Crippen molar-refractivity contribution >= 4 is 17.7 Å². The Kier molecular flexibility index (Phi) is 4.66. The SMILES string of the molecule is NC(=O)OC/C(=C/F)CCl. The first kappa shape index (κ1) is 9.23. The molecule has 0 spiro atoms. The number of hydrogen-bond acceptors (Lipinski definition) is 2. The predicted molar refractivity (Wildman–Crippen MR) is 35.4 cm³/mol. The van der Waals surface area contributed by atoms with Gasteiger partial charge in [-0.05, 0) is 0 Å². The largest absolute Gasteiger partial charge is 0.445 e. The number of amides is 1. The molecule has 2 N–H and O–H groups in total. The lowest BCUT2D eigenvalue weighted by Gasteiger charge is -1.99. The third kappa shape index (κ3) is 4.14. The molecule has 0 heterocycles. The van der Waals surface area contributed by atoms with Gasteiger partial charge in [0.2, 0.25) is 0 Å². The molecule has 0 saturated carbocycles. The number of ether oxygens (including phenoxy) is 1. The zero-order valence-electron chi connectivity index (χ0n) is 5.14. The van der Waals surface area contributed by atoms with Crippen LogP contribution in [0.15, 0.2) is 11.9 Å². The van der Waals surface area contributed by atoms with Crippen LogP contribution >= 0.6 is 11.6 Å². The summed E-state index contributed by atoms with van der Waals surface area (Å²) in [5, 5.41) is 0. The number of alkyl halides is 1. The topological polar surface area (TPSA) is 52.3 Å². The van der Waals surface area contributed by atoms with E-state index >= 15 is 0 Å². The van der Waals surface area contributed by atoms with E-state index in [0.717, 1.165) is 0 Å². The molecule has 0 rings (SSSR count). The molecule has 0 radical (unpaired) electrons. The molecule has 0 aliphatic carbocycles. The fraction of sp³-hybridized carbons (Fsp3) is 0.400. The van der Waals surface area contributed by atoms with E-state index in [0.29, 0.717) is 0 Å². The Balaban J connectivity index is 3.56. The first-order valence-electron chi connectivity index (χ1n) is 2.47. The molecule has 5 heteroatoms. The second kappa shape index (κ2) is 5.05. The van der Waals surface area contributed by atoms with Crippen LogP contribution in [0.25, 0.3) is 0 Å². The van der Waals surface area contributed by atoms with E-state index in [4.69, 9.17) is 11.6 Å². The number of halogens is 2. The molecule has 0 aromatic heterocycles. The summed E-state index contributed by atoms with van der Waals surface area (Å²) in [6.45, 7) is -0.185. The van der Waals surface area contributed by atoms with Crippen LogP contribution in [0, 0.1) is 0 Å². The number of carbonyl (C=O) groups excluding carboxylic acids is 1. The molecule has 10 heavy (non-hydrogen) atoms. The summed E-state index contributed by atoms with van der Waals surface area (Å²) in [4.78, 5) is 9.94. The summed E-state index contributed by atoms with van der Waals surface area (Å²) in [7, 11) is 0. The molecule has 0 saturated heterocycles. The molecular formula is C5H7ClFNO2. The van der Waals surface area contributed by atoms with Crippen molar-refractivity contribution in [2.45, 2.75) is 0 Å². The van der Waals surface area contributed by atoms with E-state index in [1.54, 1.807) is 0 Å². The molecule has 0 aliphatic heterocycles. The van der Waals surface area contributed by atoms with Gasteiger partial charge >= 0.3 is 6.09 Å². The van der Waals surface area contributed by atoms with Crippen LogP contribution in [0.2, 0.25) is 0 Å². The van der Waals surface area contributed by atoms with Crippen LogP contribution in [0.4, 0.5) is 9.18 Å². The van der Waals surface area contributed by atoms with Gasteiger partial charge in [0.05, 0.1) is 6.33 Å². The Morgan fingerprint density at radius 2 is 2.40 bits per heavy atom. The fourth-order valence-corrected chi connectivity index (χ4v) is 0.399. The van der Waals surface area contributed by atoms with Crippen LogP contribution in [0.5, 0.6) is 0 Å². The van der Waals surface area contributed by atoms with Crippen molar-refractivity contribution in [1.29, 1.82) is 0 Å². The van der Waals surface area contributed by atoms with Gasteiger partial charge in [-0.25, -0.2) is 9.18 Å². The smallest absolute Gasteiger partial charge is 0.404 e. The maximum Gasteiger partial charge on any atom is 0.404 e. The zero-order chi connectivity index (χ0) is 7.98. The molecule has 0 fully saturated rings. The standard InChI is InChI=1S/C5H7ClFNO2/c6-1-4(2-7)3-10-5(8)9/h2H,1,3H2,(H2,8,9)/b4-2+. The van der Waals surface area contributed by atoms with Gasteiger partial charge < -0.3 is 10.5 Å². The molecule has 3 nitrogen and oxygen atoms in total. The van der Waals surface area contributed by atoms with Gasteiger partial charge in [0.1, 0.15) is 6.61 Å². The highest BCUT2D eigenvalue weighted by atomic mass is 35.5. The van der Waals surface area contributed by atoms with Crippen molar-refractivity contribution in [1.82, 2.24) is 0 Å². The van der Waals surface area contributed by atoms with E-state index in [-0.39, 0.29) is 24.4 Å². The van der Waals surface area contributed by atoms with Crippen LogP contribution < -0.4 is 5.73 Å². The lowest BCUT2D eigenvalue weighted by molar-refractivity contribution is 0.166. The van der Waals surface area contributed by atoms with E-state index in [1.165, 1.54) is 0 Å². The first-order valence-corrected chi connectivity index (χ1v) is 3.00. The summed E-state index contributed by atoms with van der Waals surface area (Å²) in [6.07, 6.45) is -0.653. The predicted octanol–water partition coefficient (Wildman–Crippen LogP) is 1.17. The molecule has 0 unspecified atom stereocenters. The average molecular weight is 168 g/mol. The summed E-state index contributed by atoms with van der Waals surface area (Å²) >= 11 is 5.21. The van der Waals surface area contributed by atoms with Crippen molar-refractivity contribution in [3.05, 3.63) is 11.9 Å². The Hall–Kier alpha value is -0.770. The first-order chi connectivity index (χ1) is 4.70. The molecule has 58 valence electrons. The number of hydrogen-bond donors (Lipinski definition) is 1. The van der Waals surface area contributed by atoms with Crippen molar-refractivity contribution < 1.29 is 13.9 Å². The highest BCUT2D eigenvalue weighted by molar-refractivity contribution is 6.19. The molecule has 0 aromatic carbocycles. The molecule has 0 bridgehead atoms. The normalized spacial score (nSPS) is 11.2. The van der Waals surface area contributed by atoms with Gasteiger partial charge in [0.15, 0.2) is 0 Å². The second-order valence-electron chi connectivity index (χ2n) is 1.51. The Morgan fingerprint density at radius 3 is 2.70 bits per heavy atom. The Bertz CT molecular complexity index is 149. The number of nitrogens with two attached hydrogens (primary N) is 1. The quantitative estimate of drug-likeness (QED) is 0.642. The Labute approximate surface area is 62.6 Å². The maximum atomic E-state index is 11.6. The molecular weight excluding hydrogens is 161 g/mol. The summed E-state index contributed by atoms with van der Waals surface area (Å²) in [6, 6.07) is 0. The van der Waals surface area contributed by atoms with Crippen LogP contribution in [0.1, 0.15) is 0 Å². The number of primary amides is 1. The summed E-state index contributed by atoms with van der Waals surface area (Å²) < 4.78 is 15.9. The van der Waals surface area contributed by atoms with E-state index in [1.807, 2.05) is 0 Å². The van der Waals surface area contributed by atoms with Crippen LogP contribution in [-0.4, -0.2) is 18.6 Å². The van der Waals surface area contributed by atoms with Gasteiger partial charge in [-0.1, -0.05) is 0 Å². The molecule has 0 aromatic rings. The number of rotatable bonds is 3. The van der Waals surface area contributed by atoms with Gasteiger partial charge in [-0.3, -0.25) is 0 Å². The molecule has 0 atom stereocenters. The monoisotopic (exact) mass is 167 g/mol. The van der Waals surface area contributed by atoms with Gasteiger partial charge in [-0.2, -0.15) is 0 Å². The lowest BCUT2D eigenvalue weighted by Crippen LogP contribution is -2.14. The Morgan fingerprint density at radius 1 is 1.80 bits per heavy atom. The minimum absolute atomic E-state index is 0.0101. The lowest BCUT2D eigenvalue weighted by atomic mass is 10.4. The van der Waals surface area contributed by atoms with Crippen molar-refractivity contribution in [3.8, 4) is 0 Å². The van der Waals surface area contributed by atoms with E-state index in [9.17, 15) is 9.18 Å². The van der Waals surface area contributed by atoms with E-state index in [2.05, 4.69) is 10.5 Å². The minimum atomic E-state index is -0.940.